The lowest BCUT2D eigenvalue weighted by Gasteiger charge is -2.23. The molecule has 0 saturated carbocycles. The molecule has 0 bridgehead atoms. The maximum Gasteiger partial charge on any atom is 0.238 e. The van der Waals surface area contributed by atoms with Crippen LogP contribution in [0.4, 0.5) is 0 Å². The predicted molar refractivity (Wildman–Crippen MR) is 191 cm³/mol. The number of aromatic nitrogens is 4. The van der Waals surface area contributed by atoms with Crippen LogP contribution >= 0.6 is 0 Å². The molecule has 0 atom stereocenters. The van der Waals surface area contributed by atoms with E-state index in [0.717, 1.165) is 28.6 Å². The van der Waals surface area contributed by atoms with Crippen molar-refractivity contribution in [2.24, 2.45) is 0 Å². The summed E-state index contributed by atoms with van der Waals surface area (Å²) in [5, 5.41) is 2.40. The molecule has 0 amide bonds. The van der Waals surface area contributed by atoms with Crippen LogP contribution in [0.15, 0.2) is 133 Å². The van der Waals surface area contributed by atoms with Crippen LogP contribution in [0.25, 0.3) is 72.8 Å². The van der Waals surface area contributed by atoms with Gasteiger partial charge in [-0.05, 0) is 57.0 Å². The van der Waals surface area contributed by atoms with Crippen molar-refractivity contribution in [3.05, 3.63) is 156 Å². The van der Waals surface area contributed by atoms with Crippen LogP contribution in [-0.4, -0.2) is 19.5 Å². The van der Waals surface area contributed by atoms with Crippen molar-refractivity contribution in [3.63, 3.8) is 0 Å². The summed E-state index contributed by atoms with van der Waals surface area (Å²) < 4.78 is 2.30. The third kappa shape index (κ3) is 3.67. The molecule has 4 heteroatoms. The second kappa shape index (κ2) is 9.57. The van der Waals surface area contributed by atoms with Crippen molar-refractivity contribution < 1.29 is 0 Å². The largest absolute Gasteiger partial charge is 0.277 e. The number of nitrogens with zero attached hydrogens (tertiary/aromatic N) is 4. The fourth-order valence-electron chi connectivity index (χ4n) is 8.19. The van der Waals surface area contributed by atoms with Crippen LogP contribution in [0.1, 0.15) is 36.1 Å². The Balaban J connectivity index is 1.30. The fourth-order valence-corrected chi connectivity index (χ4v) is 8.19. The van der Waals surface area contributed by atoms with E-state index < -0.39 is 0 Å². The van der Waals surface area contributed by atoms with E-state index in [0.29, 0.717) is 17.6 Å². The van der Waals surface area contributed by atoms with Crippen LogP contribution in [-0.2, 0) is 11.8 Å². The zero-order valence-corrected chi connectivity index (χ0v) is 26.2. The summed E-state index contributed by atoms with van der Waals surface area (Å²) in [5.41, 5.74) is 14.5. The minimum absolute atomic E-state index is 0.207. The van der Waals surface area contributed by atoms with Gasteiger partial charge in [-0.1, -0.05) is 141 Å². The van der Waals surface area contributed by atoms with Gasteiger partial charge in [0.15, 0.2) is 11.6 Å². The summed E-state index contributed by atoms with van der Waals surface area (Å²) in [6.45, 7) is 4.69. The molecule has 2 aromatic heterocycles. The maximum atomic E-state index is 5.38. The SMILES string of the molecule is CC1(C)c2ccccc2-c2ccc3c4ccccc4n(-c4nc(-c5ccccc5)nc(-c5cccc6c5Cc5ccccc5-6)n4)c3c21. The predicted octanol–water partition coefficient (Wildman–Crippen LogP) is 10.2. The molecule has 0 radical (unpaired) electrons. The summed E-state index contributed by atoms with van der Waals surface area (Å²) >= 11 is 0. The van der Waals surface area contributed by atoms with Gasteiger partial charge in [0.05, 0.1) is 11.0 Å². The number of rotatable bonds is 3. The van der Waals surface area contributed by atoms with Gasteiger partial charge in [0.25, 0.3) is 0 Å². The normalized spacial score (nSPS) is 13.8. The first kappa shape index (κ1) is 26.4. The summed E-state index contributed by atoms with van der Waals surface area (Å²) in [4.78, 5) is 15.8. The molecule has 0 aliphatic heterocycles. The Bertz CT molecular complexity index is 2570. The van der Waals surface area contributed by atoms with Gasteiger partial charge < -0.3 is 0 Å². The Kier molecular flexibility index (Phi) is 5.37. The molecular formula is C43H30N4. The van der Waals surface area contributed by atoms with E-state index in [1.54, 1.807) is 0 Å². The Hall–Kier alpha value is -5.87. The van der Waals surface area contributed by atoms with Gasteiger partial charge in [-0.15, -0.1) is 0 Å². The molecule has 2 aliphatic carbocycles. The van der Waals surface area contributed by atoms with Gasteiger partial charge in [0.2, 0.25) is 5.95 Å². The van der Waals surface area contributed by atoms with E-state index in [1.807, 2.05) is 18.2 Å². The Labute approximate surface area is 273 Å². The van der Waals surface area contributed by atoms with Crippen LogP contribution in [0.5, 0.6) is 0 Å². The molecule has 4 nitrogen and oxygen atoms in total. The van der Waals surface area contributed by atoms with Crippen LogP contribution in [0.3, 0.4) is 0 Å². The number of para-hydroxylation sites is 1. The summed E-state index contributed by atoms with van der Waals surface area (Å²) in [5.74, 6) is 1.99. The Morgan fingerprint density at radius 1 is 0.532 bits per heavy atom. The van der Waals surface area contributed by atoms with Gasteiger partial charge >= 0.3 is 0 Å². The number of hydrogen-bond acceptors (Lipinski definition) is 3. The Morgan fingerprint density at radius 3 is 2.13 bits per heavy atom. The molecule has 222 valence electrons. The molecular weight excluding hydrogens is 573 g/mol. The van der Waals surface area contributed by atoms with E-state index >= 15 is 0 Å². The lowest BCUT2D eigenvalue weighted by Crippen LogP contribution is -2.17. The number of hydrogen-bond donors (Lipinski definition) is 0. The minimum Gasteiger partial charge on any atom is -0.277 e. The molecule has 2 heterocycles. The highest BCUT2D eigenvalue weighted by atomic mass is 15.2. The van der Waals surface area contributed by atoms with Crippen molar-refractivity contribution >= 4 is 21.8 Å². The first-order valence-corrected chi connectivity index (χ1v) is 16.3. The fraction of sp³-hybridized carbons (Fsp3) is 0.0930. The molecule has 0 unspecified atom stereocenters. The second-order valence-electron chi connectivity index (χ2n) is 13.2. The van der Waals surface area contributed by atoms with E-state index in [1.165, 1.54) is 55.3 Å². The smallest absolute Gasteiger partial charge is 0.238 e. The summed E-state index contributed by atoms with van der Waals surface area (Å²) in [7, 11) is 0. The lowest BCUT2D eigenvalue weighted by molar-refractivity contribution is 0.663. The molecule has 8 aromatic rings. The highest BCUT2D eigenvalue weighted by Gasteiger charge is 2.38. The summed E-state index contributed by atoms with van der Waals surface area (Å²) in [6, 6.07) is 47.6. The average Bonchev–Trinajstić information content (AvgIpc) is 3.74. The van der Waals surface area contributed by atoms with Gasteiger partial charge in [-0.2, -0.15) is 9.97 Å². The monoisotopic (exact) mass is 602 g/mol. The van der Waals surface area contributed by atoms with Crippen molar-refractivity contribution in [2.45, 2.75) is 25.7 Å². The number of fused-ring (bicyclic) bond motifs is 10. The quantitative estimate of drug-likeness (QED) is 0.202. The minimum atomic E-state index is -0.207. The topological polar surface area (TPSA) is 43.6 Å². The average molecular weight is 603 g/mol. The molecule has 0 N–H and O–H groups in total. The molecule has 2 aliphatic rings. The van der Waals surface area contributed by atoms with Crippen LogP contribution in [0, 0.1) is 0 Å². The van der Waals surface area contributed by atoms with E-state index in [2.05, 4.69) is 134 Å². The highest BCUT2D eigenvalue weighted by Crippen LogP contribution is 2.53. The number of benzene rings is 6. The van der Waals surface area contributed by atoms with E-state index in [-0.39, 0.29) is 5.41 Å². The van der Waals surface area contributed by atoms with Gasteiger partial charge in [0.1, 0.15) is 0 Å². The zero-order valence-electron chi connectivity index (χ0n) is 26.2. The van der Waals surface area contributed by atoms with Crippen molar-refractivity contribution in [2.75, 3.05) is 0 Å². The van der Waals surface area contributed by atoms with Crippen molar-refractivity contribution in [1.29, 1.82) is 0 Å². The molecule has 0 saturated heterocycles. The molecule has 47 heavy (non-hydrogen) atoms. The highest BCUT2D eigenvalue weighted by molar-refractivity contribution is 6.13. The first-order chi connectivity index (χ1) is 23.1. The van der Waals surface area contributed by atoms with Crippen LogP contribution < -0.4 is 0 Å². The summed E-state index contributed by atoms with van der Waals surface area (Å²) in [6.07, 6.45) is 0.860. The third-order valence-electron chi connectivity index (χ3n) is 10.3. The molecule has 0 spiro atoms. The molecule has 0 fully saturated rings. The van der Waals surface area contributed by atoms with E-state index in [4.69, 9.17) is 15.0 Å². The van der Waals surface area contributed by atoms with E-state index in [9.17, 15) is 0 Å². The third-order valence-corrected chi connectivity index (χ3v) is 10.3. The van der Waals surface area contributed by atoms with Gasteiger partial charge in [-0.25, -0.2) is 4.98 Å². The van der Waals surface area contributed by atoms with Crippen LogP contribution in [0.2, 0.25) is 0 Å². The van der Waals surface area contributed by atoms with Crippen molar-refractivity contribution in [3.8, 4) is 51.0 Å². The molecule has 10 rings (SSSR count). The maximum absolute atomic E-state index is 5.38. The Morgan fingerprint density at radius 2 is 1.23 bits per heavy atom. The molecule has 6 aromatic carbocycles. The lowest BCUT2D eigenvalue weighted by atomic mass is 9.81. The van der Waals surface area contributed by atoms with Gasteiger partial charge in [-0.3, -0.25) is 4.57 Å². The van der Waals surface area contributed by atoms with Crippen molar-refractivity contribution in [1.82, 2.24) is 19.5 Å². The standard InChI is InChI=1S/C43H30N4/c1-43(2)36-21-10-8-17-30(36)32-23-24-33-31-18-9-11-22-37(31)47(39(33)38(32)43)42-45-40(26-13-4-3-5-14-26)44-41(46-42)34-20-12-19-29-28-16-7-6-15-27(28)25-35(29)34/h3-24H,25H2,1-2H3. The second-order valence-corrected chi connectivity index (χ2v) is 13.2. The first-order valence-electron chi connectivity index (χ1n) is 16.3. The zero-order chi connectivity index (χ0) is 31.3. The van der Waals surface area contributed by atoms with Gasteiger partial charge in [0, 0.05) is 27.3 Å².